The second-order valence-electron chi connectivity index (χ2n) is 5.46. The standard InChI is InChI=1S/C18H18F2/c1-2-5-12-13-6-3-8-17(19)15(13)10-11-16-14(12)7-4-9-18(16)20/h3-4,6-9,12H,2,5,10-11H2,1H3. The molecule has 1 aliphatic carbocycles. The molecule has 104 valence electrons. The maximum absolute atomic E-state index is 14.1. The Labute approximate surface area is 118 Å². The third-order valence-corrected chi connectivity index (χ3v) is 4.26. The highest BCUT2D eigenvalue weighted by Gasteiger charge is 2.26. The fraction of sp³-hybridized carbons (Fsp3) is 0.333. The van der Waals surface area contributed by atoms with Gasteiger partial charge in [-0.3, -0.25) is 0 Å². The summed E-state index contributed by atoms with van der Waals surface area (Å²) in [4.78, 5) is 0. The number of hydrogen-bond acceptors (Lipinski definition) is 0. The summed E-state index contributed by atoms with van der Waals surface area (Å²) in [7, 11) is 0. The molecular weight excluding hydrogens is 254 g/mol. The lowest BCUT2D eigenvalue weighted by Crippen LogP contribution is -2.05. The van der Waals surface area contributed by atoms with E-state index >= 15 is 0 Å². The highest BCUT2D eigenvalue weighted by atomic mass is 19.1. The molecule has 0 amide bonds. The Hall–Kier alpha value is -1.70. The van der Waals surface area contributed by atoms with E-state index < -0.39 is 0 Å². The summed E-state index contributed by atoms with van der Waals surface area (Å²) in [6.45, 7) is 2.11. The predicted molar refractivity (Wildman–Crippen MR) is 77.0 cm³/mol. The second-order valence-corrected chi connectivity index (χ2v) is 5.46. The van der Waals surface area contributed by atoms with Crippen LogP contribution in [-0.4, -0.2) is 0 Å². The number of halogens is 2. The zero-order valence-corrected chi connectivity index (χ0v) is 11.6. The first-order valence-electron chi connectivity index (χ1n) is 7.27. The molecule has 0 aliphatic heterocycles. The van der Waals surface area contributed by atoms with Gasteiger partial charge in [-0.1, -0.05) is 37.6 Å². The van der Waals surface area contributed by atoms with Crippen LogP contribution in [0.3, 0.4) is 0 Å². The smallest absolute Gasteiger partial charge is 0.126 e. The van der Waals surface area contributed by atoms with Crippen molar-refractivity contribution in [3.8, 4) is 0 Å². The molecule has 0 unspecified atom stereocenters. The summed E-state index contributed by atoms with van der Waals surface area (Å²) in [5, 5.41) is 0. The molecule has 2 aromatic rings. The lowest BCUT2D eigenvalue weighted by Gasteiger charge is -2.20. The van der Waals surface area contributed by atoms with Crippen LogP contribution in [0.2, 0.25) is 0 Å². The van der Waals surface area contributed by atoms with Crippen molar-refractivity contribution >= 4 is 0 Å². The summed E-state index contributed by atoms with van der Waals surface area (Å²) in [6.07, 6.45) is 3.08. The minimum Gasteiger partial charge on any atom is -0.207 e. The summed E-state index contributed by atoms with van der Waals surface area (Å²) >= 11 is 0. The molecule has 2 heteroatoms. The fourth-order valence-corrected chi connectivity index (χ4v) is 3.35. The maximum atomic E-state index is 14.1. The molecule has 0 spiro atoms. The Bertz CT molecular complexity index is 578. The minimum atomic E-state index is -0.156. The van der Waals surface area contributed by atoms with Gasteiger partial charge in [-0.15, -0.1) is 0 Å². The number of hydrogen-bond donors (Lipinski definition) is 0. The topological polar surface area (TPSA) is 0 Å². The van der Waals surface area contributed by atoms with Gasteiger partial charge in [0, 0.05) is 5.92 Å². The molecule has 0 saturated carbocycles. The molecule has 0 aromatic heterocycles. The highest BCUT2D eigenvalue weighted by molar-refractivity contribution is 5.45. The van der Waals surface area contributed by atoms with Crippen LogP contribution in [0.5, 0.6) is 0 Å². The van der Waals surface area contributed by atoms with Crippen molar-refractivity contribution in [2.75, 3.05) is 0 Å². The molecular formula is C18H18F2. The highest BCUT2D eigenvalue weighted by Crippen LogP contribution is 2.38. The molecule has 3 rings (SSSR count). The first kappa shape index (κ1) is 13.3. The van der Waals surface area contributed by atoms with E-state index in [0.717, 1.165) is 35.1 Å². The van der Waals surface area contributed by atoms with Gasteiger partial charge < -0.3 is 0 Å². The van der Waals surface area contributed by atoms with Crippen molar-refractivity contribution in [1.29, 1.82) is 0 Å². The zero-order chi connectivity index (χ0) is 14.1. The van der Waals surface area contributed by atoms with E-state index in [0.29, 0.717) is 12.8 Å². The number of fused-ring (bicyclic) bond motifs is 2. The number of rotatable bonds is 2. The summed E-state index contributed by atoms with van der Waals surface area (Å²) in [6, 6.07) is 10.5. The van der Waals surface area contributed by atoms with E-state index in [1.54, 1.807) is 12.1 Å². The molecule has 0 fully saturated rings. The van der Waals surface area contributed by atoms with E-state index in [9.17, 15) is 8.78 Å². The molecule has 2 aromatic carbocycles. The molecule has 0 heterocycles. The monoisotopic (exact) mass is 272 g/mol. The van der Waals surface area contributed by atoms with Gasteiger partial charge in [0.05, 0.1) is 0 Å². The average Bonchev–Trinajstić information content (AvgIpc) is 2.60. The van der Waals surface area contributed by atoms with Crippen LogP contribution in [0.1, 0.15) is 47.9 Å². The van der Waals surface area contributed by atoms with E-state index in [-0.39, 0.29) is 17.6 Å². The van der Waals surface area contributed by atoms with Crippen LogP contribution in [-0.2, 0) is 12.8 Å². The molecule has 0 bridgehead atoms. The maximum Gasteiger partial charge on any atom is 0.126 e. The molecule has 0 atom stereocenters. The van der Waals surface area contributed by atoms with Crippen LogP contribution in [0.25, 0.3) is 0 Å². The second kappa shape index (κ2) is 5.35. The van der Waals surface area contributed by atoms with E-state index in [4.69, 9.17) is 0 Å². The van der Waals surface area contributed by atoms with Crippen LogP contribution in [0.15, 0.2) is 36.4 Å². The third-order valence-electron chi connectivity index (χ3n) is 4.26. The van der Waals surface area contributed by atoms with Crippen LogP contribution in [0, 0.1) is 11.6 Å². The minimum absolute atomic E-state index is 0.110. The van der Waals surface area contributed by atoms with Gasteiger partial charge >= 0.3 is 0 Å². The van der Waals surface area contributed by atoms with Gasteiger partial charge in [-0.25, -0.2) is 8.78 Å². The quantitative estimate of drug-likeness (QED) is 0.722. The molecule has 0 saturated heterocycles. The van der Waals surface area contributed by atoms with Gasteiger partial charge in [-0.2, -0.15) is 0 Å². The molecule has 0 N–H and O–H groups in total. The van der Waals surface area contributed by atoms with Crippen LogP contribution < -0.4 is 0 Å². The van der Waals surface area contributed by atoms with E-state index in [1.807, 2.05) is 12.1 Å². The third kappa shape index (κ3) is 2.13. The summed E-state index contributed by atoms with van der Waals surface area (Å²) in [5.41, 5.74) is 3.61. The van der Waals surface area contributed by atoms with Crippen LogP contribution in [0.4, 0.5) is 8.78 Å². The van der Waals surface area contributed by atoms with E-state index in [2.05, 4.69) is 6.92 Å². The summed E-state index contributed by atoms with van der Waals surface area (Å²) in [5.74, 6) is -0.201. The van der Waals surface area contributed by atoms with Gasteiger partial charge in [0.25, 0.3) is 0 Å². The van der Waals surface area contributed by atoms with Gasteiger partial charge in [-0.05, 0) is 53.6 Å². The van der Waals surface area contributed by atoms with Crippen molar-refractivity contribution in [3.05, 3.63) is 70.3 Å². The summed E-state index contributed by atoms with van der Waals surface area (Å²) < 4.78 is 28.2. The van der Waals surface area contributed by atoms with Crippen molar-refractivity contribution < 1.29 is 8.78 Å². The SMILES string of the molecule is CCCC1c2cccc(F)c2CCc2c(F)cccc21. The molecule has 20 heavy (non-hydrogen) atoms. The van der Waals surface area contributed by atoms with Crippen molar-refractivity contribution in [3.63, 3.8) is 0 Å². The van der Waals surface area contributed by atoms with Crippen molar-refractivity contribution in [2.45, 2.75) is 38.5 Å². The Kier molecular flexibility index (Phi) is 3.56. The van der Waals surface area contributed by atoms with Gasteiger partial charge in [0.2, 0.25) is 0 Å². The van der Waals surface area contributed by atoms with Gasteiger partial charge in [0.15, 0.2) is 0 Å². The van der Waals surface area contributed by atoms with E-state index in [1.165, 1.54) is 12.1 Å². The largest absolute Gasteiger partial charge is 0.207 e. The zero-order valence-electron chi connectivity index (χ0n) is 11.6. The number of benzene rings is 2. The first-order valence-corrected chi connectivity index (χ1v) is 7.27. The van der Waals surface area contributed by atoms with Crippen LogP contribution >= 0.6 is 0 Å². The Morgan fingerprint density at radius 2 is 1.40 bits per heavy atom. The molecule has 0 radical (unpaired) electrons. The normalized spacial score (nSPS) is 14.6. The van der Waals surface area contributed by atoms with Crippen molar-refractivity contribution in [2.24, 2.45) is 0 Å². The van der Waals surface area contributed by atoms with Gasteiger partial charge in [0.1, 0.15) is 11.6 Å². The molecule has 0 nitrogen and oxygen atoms in total. The fourth-order valence-electron chi connectivity index (χ4n) is 3.35. The lowest BCUT2D eigenvalue weighted by atomic mass is 9.85. The Balaban J connectivity index is 2.21. The van der Waals surface area contributed by atoms with Crippen molar-refractivity contribution in [1.82, 2.24) is 0 Å². The predicted octanol–water partition coefficient (Wildman–Crippen LogP) is 5.00. The Morgan fingerprint density at radius 3 is 1.85 bits per heavy atom. The lowest BCUT2D eigenvalue weighted by molar-refractivity contribution is 0.596. The first-order chi connectivity index (χ1) is 9.72. The Morgan fingerprint density at radius 1 is 0.900 bits per heavy atom. The average molecular weight is 272 g/mol. The molecule has 1 aliphatic rings.